The van der Waals surface area contributed by atoms with Crippen LogP contribution in [-0.4, -0.2) is 0 Å². The van der Waals surface area contributed by atoms with E-state index >= 15 is 4.57 Å². The van der Waals surface area contributed by atoms with Gasteiger partial charge in [0, 0.05) is 21.3 Å². The van der Waals surface area contributed by atoms with E-state index in [-0.39, 0.29) is 5.41 Å². The SMILES string of the molecule is CC1(C)c2cc(P(=O)(c3ccccc3)c3ccccc3)ccc2-c2cc3c(cc21)c1ccccc1c1cc(-c2ccccc2)cc(-c2ccccc2)c13. The summed E-state index contributed by atoms with van der Waals surface area (Å²) in [6.07, 6.45) is 0. The highest BCUT2D eigenvalue weighted by Gasteiger charge is 2.39. The molecule has 1 aliphatic carbocycles. The Labute approximate surface area is 310 Å². The molecule has 0 radical (unpaired) electrons. The van der Waals surface area contributed by atoms with Gasteiger partial charge in [-0.15, -0.1) is 0 Å². The molecule has 0 heterocycles. The van der Waals surface area contributed by atoms with E-state index in [9.17, 15) is 0 Å². The van der Waals surface area contributed by atoms with Crippen LogP contribution in [-0.2, 0) is 9.98 Å². The van der Waals surface area contributed by atoms with Gasteiger partial charge >= 0.3 is 0 Å². The van der Waals surface area contributed by atoms with E-state index in [1.165, 1.54) is 76.8 Å². The molecule has 0 N–H and O–H groups in total. The molecule has 0 amide bonds. The lowest BCUT2D eigenvalue weighted by Crippen LogP contribution is -2.26. The zero-order valence-corrected chi connectivity index (χ0v) is 30.6. The van der Waals surface area contributed by atoms with Gasteiger partial charge in [-0.25, -0.2) is 0 Å². The topological polar surface area (TPSA) is 17.1 Å². The number of hydrogen-bond donors (Lipinski definition) is 0. The van der Waals surface area contributed by atoms with Crippen molar-refractivity contribution >= 4 is 55.4 Å². The molecule has 252 valence electrons. The number of hydrogen-bond acceptors (Lipinski definition) is 1. The molecule has 0 bridgehead atoms. The highest BCUT2D eigenvalue weighted by Crippen LogP contribution is 2.54. The van der Waals surface area contributed by atoms with Gasteiger partial charge in [-0.05, 0) is 107 Å². The van der Waals surface area contributed by atoms with Gasteiger partial charge in [-0.1, -0.05) is 172 Å². The molecule has 0 saturated heterocycles. The van der Waals surface area contributed by atoms with Crippen LogP contribution < -0.4 is 15.9 Å². The van der Waals surface area contributed by atoms with Crippen molar-refractivity contribution in [1.82, 2.24) is 0 Å². The van der Waals surface area contributed by atoms with Crippen molar-refractivity contribution in [3.8, 4) is 33.4 Å². The minimum absolute atomic E-state index is 0.303. The largest absolute Gasteiger partial charge is 0.309 e. The van der Waals surface area contributed by atoms with Crippen LogP contribution in [0.2, 0.25) is 0 Å². The number of fused-ring (bicyclic) bond motifs is 9. The molecule has 9 aromatic rings. The number of benzene rings is 9. The first-order valence-corrected chi connectivity index (χ1v) is 20.1. The van der Waals surface area contributed by atoms with E-state index in [0.717, 1.165) is 15.9 Å². The molecule has 53 heavy (non-hydrogen) atoms. The van der Waals surface area contributed by atoms with Crippen LogP contribution in [0.1, 0.15) is 25.0 Å². The van der Waals surface area contributed by atoms with Crippen LogP contribution in [0.15, 0.2) is 188 Å². The first-order valence-electron chi connectivity index (χ1n) is 18.4. The van der Waals surface area contributed by atoms with Crippen molar-refractivity contribution < 1.29 is 4.57 Å². The van der Waals surface area contributed by atoms with Gasteiger partial charge in [0.25, 0.3) is 0 Å². The van der Waals surface area contributed by atoms with E-state index in [4.69, 9.17) is 0 Å². The van der Waals surface area contributed by atoms with E-state index < -0.39 is 7.14 Å². The molecular formula is C51H37OP. The summed E-state index contributed by atoms with van der Waals surface area (Å²) < 4.78 is 15.5. The van der Waals surface area contributed by atoms with Crippen molar-refractivity contribution in [2.24, 2.45) is 0 Å². The maximum Gasteiger partial charge on any atom is 0.171 e. The normalized spacial score (nSPS) is 13.3. The van der Waals surface area contributed by atoms with Crippen molar-refractivity contribution in [3.63, 3.8) is 0 Å². The molecule has 0 aliphatic heterocycles. The Morgan fingerprint density at radius 1 is 0.358 bits per heavy atom. The summed E-state index contributed by atoms with van der Waals surface area (Å²) in [6.45, 7) is 4.65. The van der Waals surface area contributed by atoms with Crippen LogP contribution in [0.3, 0.4) is 0 Å². The molecule has 2 heteroatoms. The fourth-order valence-electron chi connectivity index (χ4n) is 8.86. The smallest absolute Gasteiger partial charge is 0.171 e. The molecular weight excluding hydrogens is 660 g/mol. The van der Waals surface area contributed by atoms with Crippen LogP contribution in [0.25, 0.3) is 65.7 Å². The molecule has 10 rings (SSSR count). The van der Waals surface area contributed by atoms with Crippen LogP contribution in [0.5, 0.6) is 0 Å². The zero-order valence-electron chi connectivity index (χ0n) is 29.8. The molecule has 0 atom stereocenters. The Balaban J connectivity index is 1.27. The Bertz CT molecular complexity index is 2870. The first-order chi connectivity index (χ1) is 25.9. The van der Waals surface area contributed by atoms with Crippen molar-refractivity contribution in [1.29, 1.82) is 0 Å². The van der Waals surface area contributed by atoms with Crippen LogP contribution in [0, 0.1) is 0 Å². The average Bonchev–Trinajstić information content (AvgIpc) is 3.45. The summed E-state index contributed by atoms with van der Waals surface area (Å²) in [5.74, 6) is 0. The Morgan fingerprint density at radius 3 is 1.49 bits per heavy atom. The zero-order chi connectivity index (χ0) is 35.7. The highest BCUT2D eigenvalue weighted by atomic mass is 31.2. The van der Waals surface area contributed by atoms with Gasteiger partial charge in [0.2, 0.25) is 0 Å². The molecule has 0 aromatic heterocycles. The average molecular weight is 697 g/mol. The predicted molar refractivity (Wildman–Crippen MR) is 227 cm³/mol. The summed E-state index contributed by atoms with van der Waals surface area (Å²) in [5, 5.41) is 10.1. The van der Waals surface area contributed by atoms with Crippen molar-refractivity contribution in [2.75, 3.05) is 0 Å². The van der Waals surface area contributed by atoms with Gasteiger partial charge in [0.05, 0.1) is 0 Å². The van der Waals surface area contributed by atoms with E-state index in [0.29, 0.717) is 0 Å². The van der Waals surface area contributed by atoms with Crippen LogP contribution >= 0.6 is 7.14 Å². The number of rotatable bonds is 5. The van der Waals surface area contributed by atoms with E-state index in [2.05, 4.69) is 141 Å². The summed E-state index contributed by atoms with van der Waals surface area (Å²) >= 11 is 0. The Hall–Kier alpha value is -6.01. The second-order valence-electron chi connectivity index (χ2n) is 14.8. The molecule has 0 spiro atoms. The minimum Gasteiger partial charge on any atom is -0.309 e. The summed E-state index contributed by atoms with van der Waals surface area (Å²) in [5.41, 5.74) is 9.54. The lowest BCUT2D eigenvalue weighted by Gasteiger charge is -2.25. The fraction of sp³-hybridized carbons (Fsp3) is 0.0588. The summed E-state index contributed by atoms with van der Waals surface area (Å²) in [6, 6.07) is 66.7. The van der Waals surface area contributed by atoms with Gasteiger partial charge in [-0.2, -0.15) is 0 Å². The van der Waals surface area contributed by atoms with Crippen molar-refractivity contribution in [2.45, 2.75) is 19.3 Å². The van der Waals surface area contributed by atoms with Gasteiger partial charge in [-0.3, -0.25) is 0 Å². The third-order valence-electron chi connectivity index (χ3n) is 11.5. The van der Waals surface area contributed by atoms with E-state index in [1.807, 2.05) is 60.7 Å². The minimum atomic E-state index is -3.14. The van der Waals surface area contributed by atoms with Crippen molar-refractivity contribution in [3.05, 3.63) is 199 Å². The Kier molecular flexibility index (Phi) is 7.19. The van der Waals surface area contributed by atoms with Crippen LogP contribution in [0.4, 0.5) is 0 Å². The standard InChI is InChI=1S/C51H37OP/c1-51(2)48-31-39(53(52,37-21-11-5-12-22-37)38-23-13-6-14-24-38)27-28-42(48)45-32-47-44(33-49(45)51)40-25-15-16-26-41(40)46-30-36(34-17-7-3-8-18-34)29-43(50(46)47)35-19-9-4-10-20-35/h3-33H,1-2H3. The fourth-order valence-corrected chi connectivity index (χ4v) is 11.5. The molecule has 9 aromatic carbocycles. The monoisotopic (exact) mass is 696 g/mol. The maximum absolute atomic E-state index is 15.5. The maximum atomic E-state index is 15.5. The molecule has 1 nitrogen and oxygen atoms in total. The predicted octanol–water partition coefficient (Wildman–Crippen LogP) is 12.4. The molecule has 0 fully saturated rings. The second kappa shape index (κ2) is 12.0. The Morgan fingerprint density at radius 2 is 0.868 bits per heavy atom. The van der Waals surface area contributed by atoms with E-state index in [1.54, 1.807) is 0 Å². The second-order valence-corrected chi connectivity index (χ2v) is 17.6. The van der Waals surface area contributed by atoms with Gasteiger partial charge < -0.3 is 4.57 Å². The summed E-state index contributed by atoms with van der Waals surface area (Å²) in [4.78, 5) is 0. The molecule has 1 aliphatic rings. The lowest BCUT2D eigenvalue weighted by atomic mass is 9.80. The molecule has 0 unspecified atom stereocenters. The van der Waals surface area contributed by atoms with Gasteiger partial charge in [0.15, 0.2) is 7.14 Å². The first kappa shape index (κ1) is 31.7. The lowest BCUT2D eigenvalue weighted by molar-refractivity contribution is 0.592. The highest BCUT2D eigenvalue weighted by molar-refractivity contribution is 7.85. The third kappa shape index (κ3) is 4.81. The quantitative estimate of drug-likeness (QED) is 0.129. The summed E-state index contributed by atoms with van der Waals surface area (Å²) in [7, 11) is -3.14. The van der Waals surface area contributed by atoms with Gasteiger partial charge in [0.1, 0.15) is 0 Å². The third-order valence-corrected chi connectivity index (χ3v) is 14.6. The molecule has 0 saturated carbocycles.